The van der Waals surface area contributed by atoms with Gasteiger partial charge in [0.25, 0.3) is 0 Å². The maximum absolute atomic E-state index is 12.0. The highest BCUT2D eigenvalue weighted by atomic mass is 32.1. The zero-order valence-electron chi connectivity index (χ0n) is 12.4. The molecule has 1 aromatic rings. The zero-order valence-corrected chi connectivity index (χ0v) is 13.2. The lowest BCUT2D eigenvalue weighted by Crippen LogP contribution is -2.32. The summed E-state index contributed by atoms with van der Waals surface area (Å²) >= 11 is 4.81. The molecule has 20 heavy (non-hydrogen) atoms. The normalized spacial score (nSPS) is 10.2. The monoisotopic (exact) mass is 293 g/mol. The van der Waals surface area contributed by atoms with E-state index in [9.17, 15) is 4.79 Å². The Morgan fingerprint density at radius 3 is 2.55 bits per heavy atom. The third-order valence-corrected chi connectivity index (χ3v) is 3.43. The van der Waals surface area contributed by atoms with Crippen LogP contribution in [0.5, 0.6) is 0 Å². The summed E-state index contributed by atoms with van der Waals surface area (Å²) < 4.78 is 0. The molecule has 0 spiro atoms. The summed E-state index contributed by atoms with van der Waals surface area (Å²) in [6.07, 6.45) is 1.06. The second kappa shape index (κ2) is 7.85. The molecule has 0 aliphatic rings. The zero-order chi connectivity index (χ0) is 15.1. The number of nitrogens with zero attached hydrogens (tertiary/aromatic N) is 2. The summed E-state index contributed by atoms with van der Waals surface area (Å²) in [5, 5.41) is 0. The van der Waals surface area contributed by atoms with E-state index in [1.54, 1.807) is 11.9 Å². The third kappa shape index (κ3) is 5.57. The molecule has 0 unspecified atom stereocenters. The Balaban J connectivity index is 2.42. The third-order valence-electron chi connectivity index (χ3n) is 3.22. The molecule has 0 aromatic heterocycles. The molecule has 0 fully saturated rings. The molecular weight excluding hydrogens is 270 g/mol. The number of nitrogens with two attached hydrogens (primary N) is 1. The fourth-order valence-electron chi connectivity index (χ4n) is 1.85. The van der Waals surface area contributed by atoms with E-state index in [4.69, 9.17) is 18.0 Å². The highest BCUT2D eigenvalue weighted by Crippen LogP contribution is 2.14. The number of aryl methyl sites for hydroxylation is 1. The van der Waals surface area contributed by atoms with E-state index in [1.165, 1.54) is 5.56 Å². The van der Waals surface area contributed by atoms with Crippen LogP contribution < -0.4 is 10.6 Å². The molecule has 1 amide bonds. The van der Waals surface area contributed by atoms with Gasteiger partial charge in [-0.25, -0.2) is 0 Å². The van der Waals surface area contributed by atoms with Crippen molar-refractivity contribution in [2.24, 2.45) is 5.73 Å². The molecule has 0 aliphatic carbocycles. The van der Waals surface area contributed by atoms with E-state index in [-0.39, 0.29) is 5.91 Å². The van der Waals surface area contributed by atoms with Gasteiger partial charge in [0.05, 0.1) is 4.99 Å². The fraction of sp³-hybridized carbons (Fsp3) is 0.467. The first-order valence-electron chi connectivity index (χ1n) is 6.70. The first-order chi connectivity index (χ1) is 9.40. The van der Waals surface area contributed by atoms with Crippen LogP contribution in [0.25, 0.3) is 0 Å². The number of carbonyl (C=O) groups excluding carboxylic acids is 1. The lowest BCUT2D eigenvalue weighted by molar-refractivity contribution is -0.129. The second-order valence-electron chi connectivity index (χ2n) is 5.04. The van der Waals surface area contributed by atoms with Gasteiger partial charge in [0, 0.05) is 45.7 Å². The second-order valence-corrected chi connectivity index (χ2v) is 5.57. The van der Waals surface area contributed by atoms with Crippen LogP contribution in [0.15, 0.2) is 24.3 Å². The minimum Gasteiger partial charge on any atom is -0.393 e. The Morgan fingerprint density at radius 2 is 1.95 bits per heavy atom. The quantitative estimate of drug-likeness (QED) is 0.781. The van der Waals surface area contributed by atoms with Gasteiger partial charge in [-0.2, -0.15) is 0 Å². The van der Waals surface area contributed by atoms with Gasteiger partial charge in [-0.05, 0) is 24.6 Å². The lowest BCUT2D eigenvalue weighted by Gasteiger charge is -2.22. The summed E-state index contributed by atoms with van der Waals surface area (Å²) in [5.41, 5.74) is 7.78. The van der Waals surface area contributed by atoms with Gasteiger partial charge in [-0.3, -0.25) is 4.79 Å². The van der Waals surface area contributed by atoms with Crippen molar-refractivity contribution in [1.29, 1.82) is 0 Å². The molecular formula is C15H23N3OS. The van der Waals surface area contributed by atoms with Crippen molar-refractivity contribution in [2.75, 3.05) is 32.1 Å². The van der Waals surface area contributed by atoms with Crippen molar-refractivity contribution in [3.63, 3.8) is 0 Å². The predicted molar refractivity (Wildman–Crippen MR) is 88.1 cm³/mol. The summed E-state index contributed by atoms with van der Waals surface area (Å²) in [6, 6.07) is 8.25. The van der Waals surface area contributed by atoms with Crippen LogP contribution in [0.4, 0.5) is 5.69 Å². The van der Waals surface area contributed by atoms with E-state index < -0.39 is 0 Å². The van der Waals surface area contributed by atoms with E-state index >= 15 is 0 Å². The average molecular weight is 293 g/mol. The highest BCUT2D eigenvalue weighted by Gasteiger charge is 2.10. The number of carbonyl (C=O) groups is 1. The Labute approximate surface area is 126 Å². The van der Waals surface area contributed by atoms with Crippen molar-refractivity contribution in [3.8, 4) is 0 Å². The number of hydrogen-bond acceptors (Lipinski definition) is 3. The molecule has 0 radical (unpaired) electrons. The summed E-state index contributed by atoms with van der Waals surface area (Å²) in [6.45, 7) is 3.34. The van der Waals surface area contributed by atoms with Gasteiger partial charge in [-0.15, -0.1) is 0 Å². The molecule has 2 N–H and O–H groups in total. The molecule has 0 aliphatic heterocycles. The first kappa shape index (κ1) is 16.4. The molecule has 0 saturated carbocycles. The van der Waals surface area contributed by atoms with Crippen molar-refractivity contribution in [1.82, 2.24) is 4.90 Å². The topological polar surface area (TPSA) is 49.6 Å². The van der Waals surface area contributed by atoms with Crippen molar-refractivity contribution < 1.29 is 4.79 Å². The van der Waals surface area contributed by atoms with Crippen molar-refractivity contribution in [3.05, 3.63) is 29.8 Å². The summed E-state index contributed by atoms with van der Waals surface area (Å²) in [7, 11) is 3.78. The lowest BCUT2D eigenvalue weighted by atomic mass is 10.2. The van der Waals surface area contributed by atoms with Crippen molar-refractivity contribution in [2.45, 2.75) is 19.8 Å². The van der Waals surface area contributed by atoms with Crippen LogP contribution in [0.3, 0.4) is 0 Å². The Bertz CT molecular complexity index is 476. The minimum absolute atomic E-state index is 0.112. The highest BCUT2D eigenvalue weighted by molar-refractivity contribution is 7.80. The molecule has 0 atom stereocenters. The maximum atomic E-state index is 12.0. The largest absolute Gasteiger partial charge is 0.393 e. The number of benzene rings is 1. The number of thiocarbonyl (C=S) groups is 1. The smallest absolute Gasteiger partial charge is 0.224 e. The van der Waals surface area contributed by atoms with E-state index in [1.807, 2.05) is 19.2 Å². The van der Waals surface area contributed by atoms with Gasteiger partial charge in [0.15, 0.2) is 0 Å². The first-order valence-corrected chi connectivity index (χ1v) is 7.11. The molecule has 0 heterocycles. The van der Waals surface area contributed by atoms with E-state index in [0.717, 1.165) is 5.69 Å². The average Bonchev–Trinajstić information content (AvgIpc) is 2.41. The van der Waals surface area contributed by atoms with Gasteiger partial charge >= 0.3 is 0 Å². The molecule has 1 aromatic carbocycles. The molecule has 4 nitrogen and oxygen atoms in total. The van der Waals surface area contributed by atoms with Crippen LogP contribution in [0.2, 0.25) is 0 Å². The number of amides is 1. The maximum Gasteiger partial charge on any atom is 0.224 e. The Morgan fingerprint density at radius 1 is 1.25 bits per heavy atom. The molecule has 0 saturated heterocycles. The fourth-order valence-corrected chi connectivity index (χ4v) is 1.94. The van der Waals surface area contributed by atoms with Crippen LogP contribution in [0.1, 0.15) is 18.4 Å². The van der Waals surface area contributed by atoms with Gasteiger partial charge in [-0.1, -0.05) is 24.4 Å². The molecule has 110 valence electrons. The molecule has 5 heteroatoms. The van der Waals surface area contributed by atoms with Crippen LogP contribution >= 0.6 is 12.2 Å². The van der Waals surface area contributed by atoms with E-state index in [2.05, 4.69) is 24.0 Å². The molecule has 0 bridgehead atoms. The number of hydrogen-bond donors (Lipinski definition) is 1. The van der Waals surface area contributed by atoms with Crippen LogP contribution in [0, 0.1) is 6.92 Å². The minimum atomic E-state index is 0.112. The number of rotatable bonds is 7. The Kier molecular flexibility index (Phi) is 6.45. The van der Waals surface area contributed by atoms with Crippen LogP contribution in [-0.4, -0.2) is 43.0 Å². The van der Waals surface area contributed by atoms with Crippen LogP contribution in [-0.2, 0) is 4.79 Å². The Hall–Kier alpha value is -1.62. The predicted octanol–water partition coefficient (Wildman–Crippen LogP) is 1.96. The SMILES string of the molecule is Cc1cccc(N(C)CCC(=O)N(C)CCC(N)=S)c1. The van der Waals surface area contributed by atoms with Gasteiger partial charge in [0.2, 0.25) is 5.91 Å². The standard InChI is InChI=1S/C15H23N3OS/c1-12-5-4-6-13(11-12)17(2)10-8-15(19)18(3)9-7-14(16)20/h4-6,11H,7-10H2,1-3H3,(H2,16,20). The van der Waals surface area contributed by atoms with Gasteiger partial charge < -0.3 is 15.5 Å². The molecule has 1 rings (SSSR count). The van der Waals surface area contributed by atoms with E-state index in [0.29, 0.717) is 30.9 Å². The number of anilines is 1. The summed E-state index contributed by atoms with van der Waals surface area (Å²) in [4.78, 5) is 16.2. The van der Waals surface area contributed by atoms with Crippen molar-refractivity contribution >= 4 is 28.8 Å². The van der Waals surface area contributed by atoms with Gasteiger partial charge in [0.1, 0.15) is 0 Å². The summed E-state index contributed by atoms with van der Waals surface area (Å²) in [5.74, 6) is 0.112.